The average molecular weight is 438 g/mol. The van der Waals surface area contributed by atoms with Crippen molar-refractivity contribution in [3.8, 4) is 5.69 Å². The van der Waals surface area contributed by atoms with E-state index in [1.54, 1.807) is 15.6 Å². The van der Waals surface area contributed by atoms with Gasteiger partial charge in [0, 0.05) is 63.2 Å². The molecule has 2 aromatic rings. The molecule has 1 N–H and O–H groups in total. The molecule has 0 aliphatic carbocycles. The van der Waals surface area contributed by atoms with Gasteiger partial charge in [0.05, 0.1) is 17.6 Å². The lowest BCUT2D eigenvalue weighted by atomic mass is 10.0. The summed E-state index contributed by atoms with van der Waals surface area (Å²) in [7, 11) is 2.15. The minimum Gasteiger partial charge on any atom is -0.322 e. The number of fused-ring (bicyclic) bond motifs is 1. The number of nitrogens with one attached hydrogen (secondary N) is 1. The number of aromatic nitrogens is 3. The van der Waals surface area contributed by atoms with Gasteiger partial charge in [0.1, 0.15) is 6.04 Å². The summed E-state index contributed by atoms with van der Waals surface area (Å²) < 4.78 is 1.72. The van der Waals surface area contributed by atoms with E-state index in [2.05, 4.69) is 32.5 Å². The van der Waals surface area contributed by atoms with Crippen molar-refractivity contribution in [2.45, 2.75) is 31.8 Å². The normalized spacial score (nSPS) is 22.3. The Morgan fingerprint density at radius 3 is 2.72 bits per heavy atom. The molecule has 5 rings (SSSR count). The maximum atomic E-state index is 13.0. The molecule has 0 saturated carbocycles. The van der Waals surface area contributed by atoms with Crippen LogP contribution in [0.25, 0.3) is 5.69 Å². The Hall–Kier alpha value is -3.11. The number of carbonyl (C=O) groups is 3. The third-order valence-corrected chi connectivity index (χ3v) is 6.63. The summed E-state index contributed by atoms with van der Waals surface area (Å²) in [4.78, 5) is 43.1. The SMILES string of the molecule is CN1CCN(CCc2cn(-c3cccc4c3CN(C3CCC(=O)NC3=O)C4=O)nn2)CC1. The number of imide groups is 1. The zero-order valence-electron chi connectivity index (χ0n) is 18.2. The molecule has 3 aliphatic rings. The van der Waals surface area contributed by atoms with E-state index in [0.717, 1.165) is 56.1 Å². The summed E-state index contributed by atoms with van der Waals surface area (Å²) >= 11 is 0. The maximum Gasteiger partial charge on any atom is 0.255 e. The van der Waals surface area contributed by atoms with Gasteiger partial charge in [-0.1, -0.05) is 11.3 Å². The fourth-order valence-corrected chi connectivity index (χ4v) is 4.66. The summed E-state index contributed by atoms with van der Waals surface area (Å²) in [6.07, 6.45) is 3.33. The van der Waals surface area contributed by atoms with Gasteiger partial charge in [-0.05, 0) is 25.6 Å². The number of piperidine rings is 1. The summed E-state index contributed by atoms with van der Waals surface area (Å²) in [5, 5.41) is 11.0. The highest BCUT2D eigenvalue weighted by molar-refractivity contribution is 6.05. The van der Waals surface area contributed by atoms with Crippen molar-refractivity contribution in [1.29, 1.82) is 0 Å². The molecule has 3 amide bonds. The number of hydrogen-bond donors (Lipinski definition) is 1. The first-order valence-electron chi connectivity index (χ1n) is 11.1. The first-order chi connectivity index (χ1) is 15.5. The smallest absolute Gasteiger partial charge is 0.255 e. The molecular weight excluding hydrogens is 410 g/mol. The Morgan fingerprint density at radius 1 is 1.12 bits per heavy atom. The van der Waals surface area contributed by atoms with Crippen LogP contribution in [0.4, 0.5) is 0 Å². The Morgan fingerprint density at radius 2 is 1.94 bits per heavy atom. The number of benzene rings is 1. The minimum absolute atomic E-state index is 0.188. The predicted octanol–water partition coefficient (Wildman–Crippen LogP) is -0.182. The van der Waals surface area contributed by atoms with Crippen LogP contribution in [0.2, 0.25) is 0 Å². The van der Waals surface area contributed by atoms with Gasteiger partial charge >= 0.3 is 0 Å². The quantitative estimate of drug-likeness (QED) is 0.647. The third-order valence-electron chi connectivity index (χ3n) is 6.63. The van der Waals surface area contributed by atoms with E-state index in [0.29, 0.717) is 18.5 Å². The molecule has 2 fully saturated rings. The topological polar surface area (TPSA) is 104 Å². The second-order valence-corrected chi connectivity index (χ2v) is 8.75. The van der Waals surface area contributed by atoms with E-state index in [1.165, 1.54) is 0 Å². The van der Waals surface area contributed by atoms with E-state index in [4.69, 9.17) is 0 Å². The van der Waals surface area contributed by atoms with Crippen LogP contribution in [0.5, 0.6) is 0 Å². The van der Waals surface area contributed by atoms with E-state index < -0.39 is 11.9 Å². The fourth-order valence-electron chi connectivity index (χ4n) is 4.66. The average Bonchev–Trinajstić information content (AvgIpc) is 3.38. The number of piperazine rings is 1. The molecule has 1 unspecified atom stereocenters. The van der Waals surface area contributed by atoms with E-state index in [-0.39, 0.29) is 18.2 Å². The first-order valence-corrected chi connectivity index (χ1v) is 11.1. The van der Waals surface area contributed by atoms with Gasteiger partial charge in [-0.2, -0.15) is 0 Å². The van der Waals surface area contributed by atoms with Crippen LogP contribution in [0, 0.1) is 0 Å². The highest BCUT2D eigenvalue weighted by Gasteiger charge is 2.40. The Labute approximate surface area is 186 Å². The lowest BCUT2D eigenvalue weighted by Crippen LogP contribution is -2.52. The summed E-state index contributed by atoms with van der Waals surface area (Å²) in [5.74, 6) is -0.884. The maximum absolute atomic E-state index is 13.0. The van der Waals surface area contributed by atoms with Crippen LogP contribution in [0.1, 0.15) is 34.5 Å². The van der Waals surface area contributed by atoms with Crippen molar-refractivity contribution in [2.24, 2.45) is 0 Å². The molecule has 1 aromatic carbocycles. The van der Waals surface area contributed by atoms with Gasteiger partial charge in [0.2, 0.25) is 11.8 Å². The van der Waals surface area contributed by atoms with Gasteiger partial charge in [-0.3, -0.25) is 19.7 Å². The van der Waals surface area contributed by atoms with E-state index in [1.807, 2.05) is 18.3 Å². The molecule has 1 atom stereocenters. The molecular formula is C22H27N7O3. The molecule has 168 valence electrons. The fraction of sp³-hybridized carbons (Fsp3) is 0.500. The van der Waals surface area contributed by atoms with Crippen LogP contribution in [-0.4, -0.2) is 93.2 Å². The standard InChI is InChI=1S/C22H27N7O3/c1-26-9-11-27(12-10-26)8-7-15-13-29(25-24-15)18-4-2-3-16-17(18)14-28(22(16)32)19-5-6-20(30)23-21(19)31/h2-4,13,19H,5-12,14H2,1H3,(H,23,30,31). The van der Waals surface area contributed by atoms with Gasteiger partial charge < -0.3 is 14.7 Å². The number of hydrogen-bond acceptors (Lipinski definition) is 7. The van der Waals surface area contributed by atoms with Gasteiger partial charge in [0.15, 0.2) is 0 Å². The summed E-state index contributed by atoms with van der Waals surface area (Å²) in [6, 6.07) is 4.89. The van der Waals surface area contributed by atoms with Crippen LogP contribution in [0.3, 0.4) is 0 Å². The second-order valence-electron chi connectivity index (χ2n) is 8.75. The van der Waals surface area contributed by atoms with Crippen LogP contribution in [-0.2, 0) is 22.6 Å². The first kappa shape index (κ1) is 20.8. The second kappa shape index (κ2) is 8.44. The molecule has 0 bridgehead atoms. The monoisotopic (exact) mass is 437 g/mol. The summed E-state index contributed by atoms with van der Waals surface area (Å²) in [6.45, 7) is 5.56. The zero-order chi connectivity index (χ0) is 22.2. The highest BCUT2D eigenvalue weighted by Crippen LogP contribution is 2.31. The lowest BCUT2D eigenvalue weighted by Gasteiger charge is -2.32. The van der Waals surface area contributed by atoms with Crippen molar-refractivity contribution in [3.05, 3.63) is 41.2 Å². The van der Waals surface area contributed by atoms with Crippen LogP contribution in [0.15, 0.2) is 24.4 Å². The minimum atomic E-state index is -0.629. The third kappa shape index (κ3) is 3.91. The largest absolute Gasteiger partial charge is 0.322 e. The van der Waals surface area contributed by atoms with Gasteiger partial charge in [-0.25, -0.2) is 4.68 Å². The Balaban J connectivity index is 1.31. The predicted molar refractivity (Wildman–Crippen MR) is 115 cm³/mol. The highest BCUT2D eigenvalue weighted by atomic mass is 16.2. The molecule has 2 saturated heterocycles. The lowest BCUT2D eigenvalue weighted by molar-refractivity contribution is -0.136. The van der Waals surface area contributed by atoms with E-state index >= 15 is 0 Å². The molecule has 3 aliphatic heterocycles. The number of rotatable bonds is 5. The van der Waals surface area contributed by atoms with Crippen molar-refractivity contribution in [2.75, 3.05) is 39.8 Å². The number of carbonyl (C=O) groups excluding carboxylic acids is 3. The molecule has 10 nitrogen and oxygen atoms in total. The molecule has 10 heteroatoms. The van der Waals surface area contributed by atoms with E-state index in [9.17, 15) is 14.4 Å². The number of nitrogens with zero attached hydrogens (tertiary/aromatic N) is 6. The van der Waals surface area contributed by atoms with Crippen molar-refractivity contribution in [1.82, 2.24) is 35.0 Å². The molecule has 1 aromatic heterocycles. The molecule has 32 heavy (non-hydrogen) atoms. The van der Waals surface area contributed by atoms with Crippen molar-refractivity contribution < 1.29 is 14.4 Å². The van der Waals surface area contributed by atoms with Gasteiger partial charge in [0.25, 0.3) is 5.91 Å². The zero-order valence-corrected chi connectivity index (χ0v) is 18.2. The van der Waals surface area contributed by atoms with Crippen molar-refractivity contribution >= 4 is 17.7 Å². The molecule has 0 spiro atoms. The van der Waals surface area contributed by atoms with Crippen LogP contribution >= 0.6 is 0 Å². The number of likely N-dealkylation sites (N-methyl/N-ethyl adjacent to an activating group) is 1. The van der Waals surface area contributed by atoms with Gasteiger partial charge in [-0.15, -0.1) is 5.10 Å². The van der Waals surface area contributed by atoms with Crippen molar-refractivity contribution in [3.63, 3.8) is 0 Å². The molecule has 0 radical (unpaired) electrons. The Bertz CT molecular complexity index is 1060. The number of amides is 3. The Kier molecular flexibility index (Phi) is 5.48. The summed E-state index contributed by atoms with van der Waals surface area (Å²) in [5.41, 5.74) is 3.11. The molecule has 4 heterocycles. The van der Waals surface area contributed by atoms with Crippen LogP contribution < -0.4 is 5.32 Å².